The molecule has 2 heterocycles. The van der Waals surface area contributed by atoms with E-state index in [-0.39, 0.29) is 5.57 Å². The maximum absolute atomic E-state index is 12.9. The first-order valence-corrected chi connectivity index (χ1v) is 9.66. The summed E-state index contributed by atoms with van der Waals surface area (Å²) in [5.74, 6) is -1.02. The normalized spacial score (nSPS) is 17.2. The van der Waals surface area contributed by atoms with E-state index in [0.717, 1.165) is 6.54 Å². The number of hydrogen-bond donors (Lipinski definition) is 1. The SMILES string of the molecule is CN(C)CCCN1C(=O)C(O)=C(C(=O)/C=C/c2ccco2)C1c1cccc(Cl)c1. The van der Waals surface area contributed by atoms with Crippen LogP contribution in [0.3, 0.4) is 0 Å². The number of benzene rings is 1. The van der Waals surface area contributed by atoms with Crippen molar-refractivity contribution in [1.82, 2.24) is 9.80 Å². The Balaban J connectivity index is 1.94. The van der Waals surface area contributed by atoms with Gasteiger partial charge in [-0.2, -0.15) is 0 Å². The molecular formula is C22H23ClN2O4. The molecule has 3 rings (SSSR count). The molecule has 152 valence electrons. The molecule has 0 bridgehead atoms. The predicted octanol–water partition coefficient (Wildman–Crippen LogP) is 3.86. The first kappa shape index (κ1) is 20.9. The van der Waals surface area contributed by atoms with Crippen molar-refractivity contribution in [1.29, 1.82) is 0 Å². The van der Waals surface area contributed by atoms with Crippen LogP contribution in [-0.2, 0) is 9.59 Å². The fourth-order valence-electron chi connectivity index (χ4n) is 3.35. The minimum Gasteiger partial charge on any atom is -0.503 e. The van der Waals surface area contributed by atoms with Crippen molar-refractivity contribution in [3.8, 4) is 0 Å². The third-order valence-electron chi connectivity index (χ3n) is 4.68. The minimum atomic E-state index is -0.697. The standard InChI is InChI=1S/C22H23ClN2O4/c1-24(2)11-5-12-25-20(15-6-3-7-16(23)14-15)19(21(27)22(25)28)18(26)10-9-17-8-4-13-29-17/h3-4,6-10,13-14,20,27H,5,11-12H2,1-2H3/b10-9+. The number of carbonyl (C=O) groups excluding carboxylic acids is 2. The van der Waals surface area contributed by atoms with Crippen molar-refractivity contribution in [2.75, 3.05) is 27.2 Å². The second-order valence-electron chi connectivity index (χ2n) is 7.09. The van der Waals surface area contributed by atoms with E-state index in [0.29, 0.717) is 29.3 Å². The monoisotopic (exact) mass is 414 g/mol. The average molecular weight is 415 g/mol. The number of carbonyl (C=O) groups is 2. The number of rotatable bonds is 8. The van der Waals surface area contributed by atoms with Gasteiger partial charge in [-0.05, 0) is 69.0 Å². The van der Waals surface area contributed by atoms with Gasteiger partial charge in [-0.15, -0.1) is 0 Å². The molecule has 1 aromatic heterocycles. The summed E-state index contributed by atoms with van der Waals surface area (Å²) in [6.07, 6.45) is 5.02. The van der Waals surface area contributed by atoms with Crippen LogP contribution in [0, 0.1) is 0 Å². The average Bonchev–Trinajstić information content (AvgIpc) is 3.28. The Bertz CT molecular complexity index is 947. The van der Waals surface area contributed by atoms with E-state index in [2.05, 4.69) is 0 Å². The van der Waals surface area contributed by atoms with E-state index in [1.54, 1.807) is 36.4 Å². The van der Waals surface area contributed by atoms with Gasteiger partial charge in [0.25, 0.3) is 5.91 Å². The molecule has 1 aliphatic rings. The highest BCUT2D eigenvalue weighted by molar-refractivity contribution is 6.30. The van der Waals surface area contributed by atoms with Crippen LogP contribution < -0.4 is 0 Å². The van der Waals surface area contributed by atoms with Crippen molar-refractivity contribution in [2.24, 2.45) is 0 Å². The van der Waals surface area contributed by atoms with Crippen LogP contribution in [0.5, 0.6) is 0 Å². The number of furan rings is 1. The predicted molar refractivity (Wildman–Crippen MR) is 111 cm³/mol. The molecule has 1 amide bonds. The molecular weight excluding hydrogens is 392 g/mol. The molecule has 0 radical (unpaired) electrons. The van der Waals surface area contributed by atoms with Crippen LogP contribution in [-0.4, -0.2) is 53.8 Å². The summed E-state index contributed by atoms with van der Waals surface area (Å²) >= 11 is 6.15. The summed E-state index contributed by atoms with van der Waals surface area (Å²) in [6.45, 7) is 1.17. The quantitative estimate of drug-likeness (QED) is 0.664. The number of hydrogen-bond acceptors (Lipinski definition) is 5. The maximum atomic E-state index is 12.9. The lowest BCUT2D eigenvalue weighted by Crippen LogP contribution is -2.33. The zero-order valence-electron chi connectivity index (χ0n) is 16.3. The molecule has 1 aromatic carbocycles. The third kappa shape index (κ3) is 4.78. The van der Waals surface area contributed by atoms with E-state index in [1.165, 1.54) is 23.3 Å². The molecule has 0 fully saturated rings. The van der Waals surface area contributed by atoms with Crippen LogP contribution >= 0.6 is 11.6 Å². The molecule has 1 atom stereocenters. The maximum Gasteiger partial charge on any atom is 0.290 e. The fourth-order valence-corrected chi connectivity index (χ4v) is 3.55. The van der Waals surface area contributed by atoms with Gasteiger partial charge in [0.2, 0.25) is 0 Å². The van der Waals surface area contributed by atoms with Gasteiger partial charge in [0.1, 0.15) is 5.76 Å². The number of halogens is 1. The van der Waals surface area contributed by atoms with Gasteiger partial charge in [-0.25, -0.2) is 0 Å². The highest BCUT2D eigenvalue weighted by Crippen LogP contribution is 2.38. The van der Waals surface area contributed by atoms with Gasteiger partial charge in [-0.1, -0.05) is 23.7 Å². The zero-order chi connectivity index (χ0) is 21.0. The summed E-state index contributed by atoms with van der Waals surface area (Å²) < 4.78 is 5.20. The fraction of sp³-hybridized carbons (Fsp3) is 0.273. The Labute approximate surface area is 174 Å². The van der Waals surface area contributed by atoms with Crippen LogP contribution in [0.2, 0.25) is 5.02 Å². The van der Waals surface area contributed by atoms with Crippen LogP contribution in [0.15, 0.2) is 64.5 Å². The molecule has 7 heteroatoms. The number of allylic oxidation sites excluding steroid dienone is 1. The Morgan fingerprint density at radius 1 is 1.31 bits per heavy atom. The van der Waals surface area contributed by atoms with Crippen LogP contribution in [0.25, 0.3) is 6.08 Å². The second kappa shape index (κ2) is 9.11. The topological polar surface area (TPSA) is 74.0 Å². The van der Waals surface area contributed by atoms with Crippen molar-refractivity contribution in [2.45, 2.75) is 12.5 Å². The summed E-state index contributed by atoms with van der Waals surface area (Å²) in [7, 11) is 3.90. The molecule has 1 aliphatic heterocycles. The van der Waals surface area contributed by atoms with Gasteiger partial charge in [0, 0.05) is 11.6 Å². The van der Waals surface area contributed by atoms with Crippen LogP contribution in [0.4, 0.5) is 0 Å². The Morgan fingerprint density at radius 2 is 2.10 bits per heavy atom. The number of amides is 1. The molecule has 1 unspecified atom stereocenters. The first-order chi connectivity index (χ1) is 13.9. The molecule has 0 spiro atoms. The van der Waals surface area contributed by atoms with Crippen molar-refractivity contribution >= 4 is 29.4 Å². The summed E-state index contributed by atoms with van der Waals surface area (Å²) in [5, 5.41) is 11.0. The van der Waals surface area contributed by atoms with Crippen LogP contribution in [0.1, 0.15) is 23.8 Å². The van der Waals surface area contributed by atoms with E-state index in [4.69, 9.17) is 16.0 Å². The van der Waals surface area contributed by atoms with E-state index < -0.39 is 23.5 Å². The van der Waals surface area contributed by atoms with E-state index >= 15 is 0 Å². The van der Waals surface area contributed by atoms with Gasteiger partial charge in [0.15, 0.2) is 11.5 Å². The minimum absolute atomic E-state index is 0.0462. The van der Waals surface area contributed by atoms with Crippen molar-refractivity contribution in [3.05, 3.63) is 76.4 Å². The summed E-state index contributed by atoms with van der Waals surface area (Å²) in [4.78, 5) is 29.2. The number of nitrogens with zero attached hydrogens (tertiary/aromatic N) is 2. The molecule has 6 nitrogen and oxygen atoms in total. The smallest absolute Gasteiger partial charge is 0.290 e. The van der Waals surface area contributed by atoms with Gasteiger partial charge >= 0.3 is 0 Å². The Kier molecular flexibility index (Phi) is 6.56. The number of ketones is 1. The molecule has 1 N–H and O–H groups in total. The Hall–Kier alpha value is -2.83. The van der Waals surface area contributed by atoms with Gasteiger partial charge in [0.05, 0.1) is 17.9 Å². The lowest BCUT2D eigenvalue weighted by Gasteiger charge is -2.27. The second-order valence-corrected chi connectivity index (χ2v) is 7.52. The number of aliphatic hydroxyl groups is 1. The number of aliphatic hydroxyl groups excluding tert-OH is 1. The molecule has 0 saturated heterocycles. The lowest BCUT2D eigenvalue weighted by molar-refractivity contribution is -0.129. The largest absolute Gasteiger partial charge is 0.503 e. The van der Waals surface area contributed by atoms with Crippen molar-refractivity contribution < 1.29 is 19.1 Å². The van der Waals surface area contributed by atoms with E-state index in [9.17, 15) is 14.7 Å². The summed E-state index contributed by atoms with van der Waals surface area (Å²) in [6, 6.07) is 9.71. The Morgan fingerprint density at radius 3 is 2.76 bits per heavy atom. The molecule has 0 aliphatic carbocycles. The zero-order valence-corrected chi connectivity index (χ0v) is 17.1. The molecule has 29 heavy (non-hydrogen) atoms. The highest BCUT2D eigenvalue weighted by atomic mass is 35.5. The lowest BCUT2D eigenvalue weighted by atomic mass is 9.95. The summed E-state index contributed by atoms with van der Waals surface area (Å²) in [5.41, 5.74) is 0.722. The van der Waals surface area contributed by atoms with Gasteiger partial charge < -0.3 is 19.3 Å². The van der Waals surface area contributed by atoms with E-state index in [1.807, 2.05) is 19.0 Å². The van der Waals surface area contributed by atoms with Crippen molar-refractivity contribution in [3.63, 3.8) is 0 Å². The first-order valence-electron chi connectivity index (χ1n) is 9.28. The third-order valence-corrected chi connectivity index (χ3v) is 4.92. The highest BCUT2D eigenvalue weighted by Gasteiger charge is 2.42. The molecule has 0 saturated carbocycles. The molecule has 2 aromatic rings. The van der Waals surface area contributed by atoms with Gasteiger partial charge in [-0.3, -0.25) is 9.59 Å².